The number of aliphatic carboxylic acids is 1. The first kappa shape index (κ1) is 12.7. The highest BCUT2D eigenvalue weighted by atomic mass is 32.1. The van der Waals surface area contributed by atoms with Crippen LogP contribution in [0.1, 0.15) is 31.1 Å². The van der Waals surface area contributed by atoms with E-state index < -0.39 is 11.5 Å². The molecule has 0 radical (unpaired) electrons. The molecule has 0 aromatic carbocycles. The van der Waals surface area contributed by atoms with Crippen LogP contribution in [-0.4, -0.2) is 34.0 Å². The molecule has 0 atom stereocenters. The van der Waals surface area contributed by atoms with Crippen LogP contribution in [0.3, 0.4) is 0 Å². The molecule has 1 N–H and O–H groups in total. The van der Waals surface area contributed by atoms with Crippen LogP contribution in [0, 0.1) is 0 Å². The molecule has 88 valence electrons. The maximum absolute atomic E-state index is 12.1. The van der Waals surface area contributed by atoms with Crippen LogP contribution in [0.15, 0.2) is 16.8 Å². The van der Waals surface area contributed by atoms with Gasteiger partial charge in [-0.15, -0.1) is 0 Å². The summed E-state index contributed by atoms with van der Waals surface area (Å²) in [5.41, 5.74) is 0.0402. The molecule has 0 fully saturated rings. The van der Waals surface area contributed by atoms with Gasteiger partial charge in [0, 0.05) is 10.9 Å². The first-order valence-electron chi connectivity index (χ1n) is 4.88. The van der Waals surface area contributed by atoms with Gasteiger partial charge >= 0.3 is 5.97 Å². The van der Waals surface area contributed by atoms with Gasteiger partial charge in [0.1, 0.15) is 6.54 Å². The highest BCUT2D eigenvalue weighted by Gasteiger charge is 2.29. The van der Waals surface area contributed by atoms with E-state index >= 15 is 0 Å². The van der Waals surface area contributed by atoms with Crippen molar-refractivity contribution in [3.63, 3.8) is 0 Å². The van der Waals surface area contributed by atoms with E-state index in [2.05, 4.69) is 0 Å². The molecule has 4 nitrogen and oxygen atoms in total. The molecule has 16 heavy (non-hydrogen) atoms. The van der Waals surface area contributed by atoms with Gasteiger partial charge in [-0.25, -0.2) is 0 Å². The Bertz CT molecular complexity index is 378. The summed E-state index contributed by atoms with van der Waals surface area (Å²) in [5, 5.41) is 12.3. The molecule has 1 aromatic rings. The third kappa shape index (κ3) is 3.06. The van der Waals surface area contributed by atoms with Crippen molar-refractivity contribution in [1.82, 2.24) is 4.90 Å². The van der Waals surface area contributed by atoms with Crippen molar-refractivity contribution in [3.05, 3.63) is 22.4 Å². The Morgan fingerprint density at radius 2 is 2.06 bits per heavy atom. The molecule has 0 saturated heterocycles. The lowest BCUT2D eigenvalue weighted by molar-refractivity contribution is -0.138. The zero-order valence-electron chi connectivity index (χ0n) is 9.56. The summed E-state index contributed by atoms with van der Waals surface area (Å²) < 4.78 is 0. The van der Waals surface area contributed by atoms with Gasteiger partial charge in [0.25, 0.3) is 5.91 Å². The van der Waals surface area contributed by atoms with Crippen LogP contribution in [0.5, 0.6) is 0 Å². The summed E-state index contributed by atoms with van der Waals surface area (Å²) in [7, 11) is 0. The summed E-state index contributed by atoms with van der Waals surface area (Å²) >= 11 is 1.42. The SMILES string of the molecule is CC(C)(C)N(CC(=O)O)C(=O)c1ccsc1. The van der Waals surface area contributed by atoms with Gasteiger partial charge in [0.2, 0.25) is 0 Å². The lowest BCUT2D eigenvalue weighted by atomic mass is 10.0. The Hall–Kier alpha value is -1.36. The van der Waals surface area contributed by atoms with Gasteiger partial charge < -0.3 is 10.0 Å². The second-order valence-corrected chi connectivity index (χ2v) is 5.25. The molecular weight excluding hydrogens is 226 g/mol. The van der Waals surface area contributed by atoms with Gasteiger partial charge in [0.15, 0.2) is 0 Å². The minimum absolute atomic E-state index is 0.240. The van der Waals surface area contributed by atoms with Gasteiger partial charge in [-0.3, -0.25) is 9.59 Å². The zero-order valence-corrected chi connectivity index (χ0v) is 10.4. The maximum atomic E-state index is 12.1. The molecule has 1 rings (SSSR count). The van der Waals surface area contributed by atoms with Crippen LogP contribution < -0.4 is 0 Å². The molecule has 5 heteroatoms. The van der Waals surface area contributed by atoms with Crippen molar-refractivity contribution < 1.29 is 14.7 Å². The van der Waals surface area contributed by atoms with Crippen molar-refractivity contribution in [2.24, 2.45) is 0 Å². The molecule has 0 bridgehead atoms. The van der Waals surface area contributed by atoms with Crippen LogP contribution in [0.2, 0.25) is 0 Å². The molecular formula is C11H15NO3S. The van der Waals surface area contributed by atoms with Crippen molar-refractivity contribution in [3.8, 4) is 0 Å². The molecule has 1 heterocycles. The monoisotopic (exact) mass is 241 g/mol. The predicted octanol–water partition coefficient (Wildman–Crippen LogP) is 2.07. The average Bonchev–Trinajstić information content (AvgIpc) is 2.63. The van der Waals surface area contributed by atoms with E-state index in [0.29, 0.717) is 5.56 Å². The normalized spacial score (nSPS) is 11.2. The minimum Gasteiger partial charge on any atom is -0.480 e. The second kappa shape index (κ2) is 4.65. The zero-order chi connectivity index (χ0) is 12.3. The molecule has 0 unspecified atom stereocenters. The van der Waals surface area contributed by atoms with E-state index in [-0.39, 0.29) is 12.5 Å². The Morgan fingerprint density at radius 1 is 1.44 bits per heavy atom. The van der Waals surface area contributed by atoms with Crippen LogP contribution in [0.25, 0.3) is 0 Å². The third-order valence-corrected chi connectivity index (χ3v) is 2.80. The van der Waals surface area contributed by atoms with E-state index in [4.69, 9.17) is 5.11 Å². The number of nitrogens with zero attached hydrogens (tertiary/aromatic N) is 1. The maximum Gasteiger partial charge on any atom is 0.323 e. The van der Waals surface area contributed by atoms with Gasteiger partial charge in [-0.1, -0.05) is 0 Å². The largest absolute Gasteiger partial charge is 0.480 e. The summed E-state index contributed by atoms with van der Waals surface area (Å²) in [6, 6.07) is 1.70. The summed E-state index contributed by atoms with van der Waals surface area (Å²) in [6.07, 6.45) is 0. The fourth-order valence-corrected chi connectivity index (χ4v) is 1.92. The Labute approximate surface area is 98.5 Å². The number of carbonyl (C=O) groups is 2. The number of hydrogen-bond acceptors (Lipinski definition) is 3. The number of amides is 1. The van der Waals surface area contributed by atoms with E-state index in [0.717, 1.165) is 0 Å². The van der Waals surface area contributed by atoms with Gasteiger partial charge in [0.05, 0.1) is 5.56 Å². The van der Waals surface area contributed by atoms with Crippen molar-refractivity contribution in [2.45, 2.75) is 26.3 Å². The molecule has 0 saturated carbocycles. The highest BCUT2D eigenvalue weighted by Crippen LogP contribution is 2.18. The van der Waals surface area contributed by atoms with E-state index in [9.17, 15) is 9.59 Å². The Morgan fingerprint density at radius 3 is 2.44 bits per heavy atom. The minimum atomic E-state index is -1.00. The average molecular weight is 241 g/mol. The van der Waals surface area contributed by atoms with Crippen LogP contribution >= 0.6 is 11.3 Å². The molecule has 1 amide bonds. The number of thiophene rings is 1. The fraction of sp³-hybridized carbons (Fsp3) is 0.455. The topological polar surface area (TPSA) is 57.6 Å². The Balaban J connectivity index is 2.94. The lowest BCUT2D eigenvalue weighted by Crippen LogP contribution is -2.48. The van der Waals surface area contributed by atoms with Crippen molar-refractivity contribution in [2.75, 3.05) is 6.54 Å². The first-order chi connectivity index (χ1) is 7.32. The Kier molecular flexibility index (Phi) is 3.70. The number of hydrogen-bond donors (Lipinski definition) is 1. The highest BCUT2D eigenvalue weighted by molar-refractivity contribution is 7.08. The molecule has 0 spiro atoms. The standard InChI is InChI=1S/C11H15NO3S/c1-11(2,3)12(6-9(13)14)10(15)8-4-5-16-7-8/h4-5,7H,6H2,1-3H3,(H,13,14). The summed E-state index contributed by atoms with van der Waals surface area (Å²) in [4.78, 5) is 24.2. The molecule has 0 aliphatic rings. The smallest absolute Gasteiger partial charge is 0.323 e. The predicted molar refractivity (Wildman–Crippen MR) is 62.7 cm³/mol. The lowest BCUT2D eigenvalue weighted by Gasteiger charge is -2.34. The van der Waals surface area contributed by atoms with Crippen molar-refractivity contribution in [1.29, 1.82) is 0 Å². The van der Waals surface area contributed by atoms with Crippen molar-refractivity contribution >= 4 is 23.2 Å². The van der Waals surface area contributed by atoms with E-state index in [1.807, 2.05) is 20.8 Å². The second-order valence-electron chi connectivity index (χ2n) is 4.47. The van der Waals surface area contributed by atoms with Crippen LogP contribution in [-0.2, 0) is 4.79 Å². The summed E-state index contributed by atoms with van der Waals surface area (Å²) in [6.45, 7) is 5.18. The molecule has 0 aliphatic carbocycles. The first-order valence-corrected chi connectivity index (χ1v) is 5.82. The molecule has 1 aromatic heterocycles. The number of carboxylic acid groups (broad SMARTS) is 1. The quantitative estimate of drug-likeness (QED) is 0.881. The number of rotatable bonds is 3. The van der Waals surface area contributed by atoms with Gasteiger partial charge in [-0.2, -0.15) is 11.3 Å². The number of carboxylic acids is 1. The van der Waals surface area contributed by atoms with E-state index in [1.54, 1.807) is 16.8 Å². The molecule has 0 aliphatic heterocycles. The van der Waals surface area contributed by atoms with Crippen LogP contribution in [0.4, 0.5) is 0 Å². The van der Waals surface area contributed by atoms with E-state index in [1.165, 1.54) is 16.2 Å². The fourth-order valence-electron chi connectivity index (χ4n) is 1.29. The third-order valence-electron chi connectivity index (χ3n) is 2.12. The number of carbonyl (C=O) groups excluding carboxylic acids is 1. The van der Waals surface area contributed by atoms with Gasteiger partial charge in [-0.05, 0) is 32.2 Å². The summed E-state index contributed by atoms with van der Waals surface area (Å²) in [5.74, 6) is -1.24.